The highest BCUT2D eigenvalue weighted by Crippen LogP contribution is 2.16. The smallest absolute Gasteiger partial charge is 0.0991 e. The van der Waals surface area contributed by atoms with E-state index >= 15 is 0 Å². The van der Waals surface area contributed by atoms with E-state index in [1.54, 1.807) is 6.20 Å². The molecule has 0 spiro atoms. The van der Waals surface area contributed by atoms with Crippen molar-refractivity contribution < 1.29 is 0 Å². The van der Waals surface area contributed by atoms with Gasteiger partial charge in [-0.3, -0.25) is 0 Å². The molecule has 1 aliphatic rings. The Morgan fingerprint density at radius 1 is 1.42 bits per heavy atom. The zero-order valence-corrected chi connectivity index (χ0v) is 11.0. The number of benzene rings is 1. The Bertz CT molecular complexity index is 501. The van der Waals surface area contributed by atoms with E-state index in [0.717, 1.165) is 24.7 Å². The maximum absolute atomic E-state index is 4.08. The van der Waals surface area contributed by atoms with Crippen molar-refractivity contribution in [3.05, 3.63) is 43.0 Å². The average molecular weight is 256 g/mol. The van der Waals surface area contributed by atoms with Crippen molar-refractivity contribution in [2.24, 2.45) is 5.92 Å². The van der Waals surface area contributed by atoms with Crippen LogP contribution in [0.4, 0.5) is 5.69 Å². The molecule has 1 fully saturated rings. The molecular weight excluding hydrogens is 236 g/mol. The van der Waals surface area contributed by atoms with E-state index in [4.69, 9.17) is 0 Å². The van der Waals surface area contributed by atoms with Crippen molar-refractivity contribution in [2.75, 3.05) is 25.0 Å². The summed E-state index contributed by atoms with van der Waals surface area (Å²) in [5.41, 5.74) is 2.32. The third-order valence-electron chi connectivity index (χ3n) is 3.64. The maximum Gasteiger partial charge on any atom is 0.0991 e. The van der Waals surface area contributed by atoms with E-state index in [9.17, 15) is 0 Å². The minimum atomic E-state index is 0.741. The van der Waals surface area contributed by atoms with Gasteiger partial charge >= 0.3 is 0 Å². The van der Waals surface area contributed by atoms with Gasteiger partial charge in [0.25, 0.3) is 0 Å². The number of piperidine rings is 1. The third kappa shape index (κ3) is 3.15. The Balaban J connectivity index is 1.63. The average Bonchev–Trinajstić information content (AvgIpc) is 3.01. The second-order valence-corrected chi connectivity index (χ2v) is 5.11. The normalized spacial score (nSPS) is 19.3. The van der Waals surface area contributed by atoms with Crippen LogP contribution in [0, 0.1) is 5.92 Å². The SMILES string of the molecule is c1cc(NCC2CCCNC2)cc(-n2ccnc2)c1. The fourth-order valence-electron chi connectivity index (χ4n) is 2.55. The molecule has 1 aliphatic heterocycles. The molecule has 0 radical (unpaired) electrons. The molecule has 2 aromatic rings. The lowest BCUT2D eigenvalue weighted by atomic mass is 10.00. The van der Waals surface area contributed by atoms with Crippen LogP contribution < -0.4 is 10.6 Å². The molecule has 100 valence electrons. The van der Waals surface area contributed by atoms with Gasteiger partial charge in [0.15, 0.2) is 0 Å². The molecule has 19 heavy (non-hydrogen) atoms. The molecule has 0 bridgehead atoms. The molecule has 1 saturated heterocycles. The topological polar surface area (TPSA) is 41.9 Å². The van der Waals surface area contributed by atoms with Crippen LogP contribution >= 0.6 is 0 Å². The maximum atomic E-state index is 4.08. The lowest BCUT2D eigenvalue weighted by Crippen LogP contribution is -2.33. The van der Waals surface area contributed by atoms with Gasteiger partial charge in [0.1, 0.15) is 0 Å². The number of nitrogens with zero attached hydrogens (tertiary/aromatic N) is 2. The monoisotopic (exact) mass is 256 g/mol. The van der Waals surface area contributed by atoms with Gasteiger partial charge < -0.3 is 15.2 Å². The number of rotatable bonds is 4. The van der Waals surface area contributed by atoms with Crippen LogP contribution in [0.25, 0.3) is 5.69 Å². The first-order valence-electron chi connectivity index (χ1n) is 6.95. The number of hydrogen-bond donors (Lipinski definition) is 2. The summed E-state index contributed by atoms with van der Waals surface area (Å²) in [5.74, 6) is 0.741. The first-order valence-corrected chi connectivity index (χ1v) is 6.95. The van der Waals surface area contributed by atoms with Crippen molar-refractivity contribution >= 4 is 5.69 Å². The second-order valence-electron chi connectivity index (χ2n) is 5.11. The first-order chi connectivity index (χ1) is 9.42. The van der Waals surface area contributed by atoms with E-state index < -0.39 is 0 Å². The standard InChI is InChI=1S/C15H20N4/c1-4-14(18-11-13-3-2-6-16-10-13)9-15(5-1)19-8-7-17-12-19/h1,4-5,7-9,12-13,16,18H,2-3,6,10-11H2. The van der Waals surface area contributed by atoms with Crippen molar-refractivity contribution in [2.45, 2.75) is 12.8 Å². The molecular formula is C15H20N4. The summed E-state index contributed by atoms with van der Waals surface area (Å²) in [6.07, 6.45) is 8.20. The quantitative estimate of drug-likeness (QED) is 0.882. The fraction of sp³-hybridized carbons (Fsp3) is 0.400. The van der Waals surface area contributed by atoms with Crippen LogP contribution in [0.3, 0.4) is 0 Å². The largest absolute Gasteiger partial charge is 0.385 e. The molecule has 1 unspecified atom stereocenters. The Labute approximate surface area is 113 Å². The lowest BCUT2D eigenvalue weighted by Gasteiger charge is -2.23. The van der Waals surface area contributed by atoms with Gasteiger partial charge in [0, 0.05) is 30.3 Å². The Kier molecular flexibility index (Phi) is 3.79. The minimum Gasteiger partial charge on any atom is -0.385 e. The lowest BCUT2D eigenvalue weighted by molar-refractivity contribution is 0.393. The fourth-order valence-corrected chi connectivity index (χ4v) is 2.55. The summed E-state index contributed by atoms with van der Waals surface area (Å²) in [4.78, 5) is 4.08. The number of imidazole rings is 1. The Morgan fingerprint density at radius 3 is 3.21 bits per heavy atom. The summed E-state index contributed by atoms with van der Waals surface area (Å²) >= 11 is 0. The van der Waals surface area contributed by atoms with Crippen LogP contribution in [-0.2, 0) is 0 Å². The van der Waals surface area contributed by atoms with Gasteiger partial charge in [-0.05, 0) is 50.0 Å². The summed E-state index contributed by atoms with van der Waals surface area (Å²) in [6, 6.07) is 8.46. The van der Waals surface area contributed by atoms with E-state index in [0.29, 0.717) is 0 Å². The predicted molar refractivity (Wildman–Crippen MR) is 77.6 cm³/mol. The van der Waals surface area contributed by atoms with Crippen LogP contribution in [0.2, 0.25) is 0 Å². The summed E-state index contributed by atoms with van der Waals surface area (Å²) in [7, 11) is 0. The summed E-state index contributed by atoms with van der Waals surface area (Å²) in [5, 5.41) is 7.00. The highest BCUT2D eigenvalue weighted by molar-refractivity contribution is 5.51. The first kappa shape index (κ1) is 12.2. The molecule has 1 atom stereocenters. The van der Waals surface area contributed by atoms with Gasteiger partial charge in [-0.25, -0.2) is 4.98 Å². The van der Waals surface area contributed by atoms with Crippen molar-refractivity contribution in [1.29, 1.82) is 0 Å². The molecule has 2 heterocycles. The van der Waals surface area contributed by atoms with Gasteiger partial charge in [-0.1, -0.05) is 6.07 Å². The molecule has 4 nitrogen and oxygen atoms in total. The van der Waals surface area contributed by atoms with E-state index in [-0.39, 0.29) is 0 Å². The van der Waals surface area contributed by atoms with Crippen LogP contribution in [0.1, 0.15) is 12.8 Å². The Morgan fingerprint density at radius 2 is 2.42 bits per heavy atom. The van der Waals surface area contributed by atoms with E-state index in [1.165, 1.54) is 25.1 Å². The third-order valence-corrected chi connectivity index (χ3v) is 3.64. The van der Waals surface area contributed by atoms with Crippen LogP contribution in [0.5, 0.6) is 0 Å². The zero-order chi connectivity index (χ0) is 12.9. The molecule has 2 N–H and O–H groups in total. The molecule has 1 aromatic heterocycles. The number of nitrogens with one attached hydrogen (secondary N) is 2. The minimum absolute atomic E-state index is 0.741. The predicted octanol–water partition coefficient (Wildman–Crippen LogP) is 2.28. The van der Waals surface area contributed by atoms with Gasteiger partial charge in [-0.15, -0.1) is 0 Å². The highest BCUT2D eigenvalue weighted by atomic mass is 15.0. The van der Waals surface area contributed by atoms with Crippen LogP contribution in [0.15, 0.2) is 43.0 Å². The molecule has 4 heteroatoms. The molecule has 0 saturated carbocycles. The highest BCUT2D eigenvalue weighted by Gasteiger charge is 2.12. The van der Waals surface area contributed by atoms with E-state index in [2.05, 4.69) is 39.9 Å². The summed E-state index contributed by atoms with van der Waals surface area (Å²) in [6.45, 7) is 3.35. The molecule has 0 amide bonds. The zero-order valence-electron chi connectivity index (χ0n) is 11.0. The van der Waals surface area contributed by atoms with Gasteiger partial charge in [0.2, 0.25) is 0 Å². The van der Waals surface area contributed by atoms with Gasteiger partial charge in [0.05, 0.1) is 6.33 Å². The molecule has 0 aliphatic carbocycles. The number of anilines is 1. The van der Waals surface area contributed by atoms with Crippen molar-refractivity contribution in [3.8, 4) is 5.69 Å². The molecule has 1 aromatic carbocycles. The molecule has 3 rings (SSSR count). The van der Waals surface area contributed by atoms with Gasteiger partial charge in [-0.2, -0.15) is 0 Å². The van der Waals surface area contributed by atoms with Crippen molar-refractivity contribution in [3.63, 3.8) is 0 Å². The van der Waals surface area contributed by atoms with E-state index in [1.807, 2.05) is 17.1 Å². The number of hydrogen-bond acceptors (Lipinski definition) is 3. The van der Waals surface area contributed by atoms with Crippen LogP contribution in [-0.4, -0.2) is 29.2 Å². The van der Waals surface area contributed by atoms with Crippen molar-refractivity contribution in [1.82, 2.24) is 14.9 Å². The number of aromatic nitrogens is 2. The second kappa shape index (κ2) is 5.89. The summed E-state index contributed by atoms with van der Waals surface area (Å²) < 4.78 is 2.02. The Hall–Kier alpha value is -1.81.